The Bertz CT molecular complexity index is 871. The molecule has 0 aliphatic heterocycles. The van der Waals surface area contributed by atoms with Crippen LogP contribution in [0.3, 0.4) is 0 Å². The van der Waals surface area contributed by atoms with Crippen LogP contribution < -0.4 is 14.4 Å². The summed E-state index contributed by atoms with van der Waals surface area (Å²) in [4.78, 5) is 12.1. The van der Waals surface area contributed by atoms with Crippen LogP contribution in [-0.2, 0) is 14.8 Å². The van der Waals surface area contributed by atoms with Gasteiger partial charge in [0.15, 0.2) is 0 Å². The van der Waals surface area contributed by atoms with Gasteiger partial charge in [-0.3, -0.25) is 9.10 Å². The Kier molecular flexibility index (Phi) is 6.57. The van der Waals surface area contributed by atoms with E-state index in [1.54, 1.807) is 30.3 Å². The van der Waals surface area contributed by atoms with E-state index in [-0.39, 0.29) is 31.0 Å². The molecule has 0 unspecified atom stereocenters. The van der Waals surface area contributed by atoms with Crippen LogP contribution in [0.5, 0.6) is 5.75 Å². The first-order chi connectivity index (χ1) is 12.3. The molecule has 0 saturated carbocycles. The molecule has 0 heterocycles. The van der Waals surface area contributed by atoms with Crippen LogP contribution in [0.15, 0.2) is 48.5 Å². The Labute approximate surface area is 152 Å². The van der Waals surface area contributed by atoms with Crippen molar-refractivity contribution in [3.8, 4) is 5.75 Å². The van der Waals surface area contributed by atoms with Gasteiger partial charge in [0.1, 0.15) is 11.6 Å². The van der Waals surface area contributed by atoms with E-state index in [4.69, 9.17) is 4.74 Å². The Balaban J connectivity index is 1.97. The second-order valence-electron chi connectivity index (χ2n) is 5.67. The number of nitrogens with one attached hydrogen (secondary N) is 1. The zero-order valence-corrected chi connectivity index (χ0v) is 15.4. The van der Waals surface area contributed by atoms with E-state index in [0.717, 1.165) is 10.6 Å². The molecule has 1 amide bonds. The molecule has 8 heteroatoms. The molecule has 2 aromatic rings. The maximum Gasteiger partial charge on any atom is 0.232 e. The summed E-state index contributed by atoms with van der Waals surface area (Å²) in [6.45, 7) is 0.00526. The fraction of sp³-hybridized carbons (Fsp3) is 0.278. The first-order valence-electron chi connectivity index (χ1n) is 7.97. The topological polar surface area (TPSA) is 75.7 Å². The van der Waals surface area contributed by atoms with Gasteiger partial charge in [-0.25, -0.2) is 12.8 Å². The summed E-state index contributed by atoms with van der Waals surface area (Å²) in [5.74, 6) is -0.274. The molecule has 2 rings (SSSR count). The number of rotatable bonds is 8. The number of methoxy groups -OCH3 is 1. The lowest BCUT2D eigenvalue weighted by Gasteiger charge is -2.22. The number of sulfonamides is 1. The van der Waals surface area contributed by atoms with Crippen molar-refractivity contribution >= 4 is 27.3 Å². The highest BCUT2D eigenvalue weighted by atomic mass is 32.2. The number of halogens is 1. The summed E-state index contributed by atoms with van der Waals surface area (Å²) in [5, 5.41) is 2.72. The minimum Gasteiger partial charge on any atom is -0.497 e. The highest BCUT2D eigenvalue weighted by Crippen LogP contribution is 2.22. The van der Waals surface area contributed by atoms with Crippen LogP contribution in [0.25, 0.3) is 0 Å². The molecule has 0 bridgehead atoms. The van der Waals surface area contributed by atoms with E-state index in [0.29, 0.717) is 11.4 Å². The van der Waals surface area contributed by atoms with E-state index in [1.807, 2.05) is 0 Å². The minimum atomic E-state index is -3.66. The van der Waals surface area contributed by atoms with Gasteiger partial charge in [-0.05, 0) is 30.7 Å². The average molecular weight is 380 g/mol. The van der Waals surface area contributed by atoms with Gasteiger partial charge >= 0.3 is 0 Å². The van der Waals surface area contributed by atoms with E-state index in [2.05, 4.69) is 5.32 Å². The third kappa shape index (κ3) is 5.45. The van der Waals surface area contributed by atoms with Crippen molar-refractivity contribution in [3.05, 3.63) is 54.3 Å². The van der Waals surface area contributed by atoms with Gasteiger partial charge in [0, 0.05) is 24.7 Å². The number of carbonyl (C=O) groups excluding carboxylic acids is 1. The van der Waals surface area contributed by atoms with Crippen molar-refractivity contribution in [1.82, 2.24) is 0 Å². The number of carbonyl (C=O) groups is 1. The molecule has 26 heavy (non-hydrogen) atoms. The lowest BCUT2D eigenvalue weighted by Crippen LogP contribution is -2.32. The molecule has 0 aliphatic rings. The van der Waals surface area contributed by atoms with E-state index in [9.17, 15) is 17.6 Å². The highest BCUT2D eigenvalue weighted by molar-refractivity contribution is 7.92. The van der Waals surface area contributed by atoms with E-state index >= 15 is 0 Å². The molecule has 0 saturated heterocycles. The second-order valence-corrected chi connectivity index (χ2v) is 7.58. The quantitative estimate of drug-likeness (QED) is 0.764. The van der Waals surface area contributed by atoms with Crippen molar-refractivity contribution in [2.24, 2.45) is 0 Å². The van der Waals surface area contributed by atoms with Gasteiger partial charge in [0.2, 0.25) is 15.9 Å². The van der Waals surface area contributed by atoms with E-state index < -0.39 is 15.8 Å². The fourth-order valence-electron chi connectivity index (χ4n) is 2.43. The van der Waals surface area contributed by atoms with Crippen molar-refractivity contribution in [2.75, 3.05) is 29.5 Å². The molecule has 6 nitrogen and oxygen atoms in total. The lowest BCUT2D eigenvalue weighted by molar-refractivity contribution is -0.116. The van der Waals surface area contributed by atoms with Crippen LogP contribution in [0.2, 0.25) is 0 Å². The molecule has 0 aromatic heterocycles. The van der Waals surface area contributed by atoms with Crippen LogP contribution in [0, 0.1) is 5.82 Å². The average Bonchev–Trinajstić information content (AvgIpc) is 2.59. The molecule has 1 N–H and O–H groups in total. The van der Waals surface area contributed by atoms with E-state index in [1.165, 1.54) is 25.3 Å². The SMILES string of the molecule is COc1cccc(NC(=O)CCCN(c2ccccc2F)S(C)(=O)=O)c1. The molecule has 0 radical (unpaired) electrons. The number of nitrogens with zero attached hydrogens (tertiary/aromatic N) is 1. The van der Waals surface area contributed by atoms with Gasteiger partial charge in [0.05, 0.1) is 19.1 Å². The zero-order valence-electron chi connectivity index (χ0n) is 14.6. The summed E-state index contributed by atoms with van der Waals surface area (Å²) in [6, 6.07) is 12.6. The first kappa shape index (κ1) is 19.7. The predicted molar refractivity (Wildman–Crippen MR) is 99.4 cm³/mol. The minimum absolute atomic E-state index is 0.00526. The number of benzene rings is 2. The van der Waals surface area contributed by atoms with Gasteiger partial charge in [0.25, 0.3) is 0 Å². The standard InChI is InChI=1S/C18H21FN2O4S/c1-25-15-8-5-7-14(13-15)20-18(22)11-6-12-21(26(2,23)24)17-10-4-3-9-16(17)19/h3-5,7-10,13H,6,11-12H2,1-2H3,(H,20,22). The third-order valence-corrected chi connectivity index (χ3v) is 4.82. The molecule has 0 fully saturated rings. The van der Waals surface area contributed by atoms with Crippen molar-refractivity contribution < 1.29 is 22.3 Å². The van der Waals surface area contributed by atoms with Gasteiger partial charge in [-0.1, -0.05) is 18.2 Å². The molecule has 140 valence electrons. The summed E-state index contributed by atoms with van der Waals surface area (Å²) in [7, 11) is -2.13. The lowest BCUT2D eigenvalue weighted by atomic mass is 10.2. The van der Waals surface area contributed by atoms with Crippen LogP contribution in [0.4, 0.5) is 15.8 Å². The maximum atomic E-state index is 13.9. The van der Waals surface area contributed by atoms with Crippen LogP contribution >= 0.6 is 0 Å². The normalized spacial score (nSPS) is 11.0. The summed E-state index contributed by atoms with van der Waals surface area (Å²) < 4.78 is 43.9. The van der Waals surface area contributed by atoms with Gasteiger partial charge in [-0.15, -0.1) is 0 Å². The monoisotopic (exact) mass is 380 g/mol. The van der Waals surface area contributed by atoms with Crippen molar-refractivity contribution in [2.45, 2.75) is 12.8 Å². The molecule has 0 spiro atoms. The van der Waals surface area contributed by atoms with Crippen LogP contribution in [-0.4, -0.2) is 34.2 Å². The Morgan fingerprint density at radius 3 is 2.58 bits per heavy atom. The van der Waals surface area contributed by atoms with Crippen molar-refractivity contribution in [3.63, 3.8) is 0 Å². The Hall–Kier alpha value is -2.61. The smallest absolute Gasteiger partial charge is 0.232 e. The Morgan fingerprint density at radius 2 is 1.92 bits per heavy atom. The number of amides is 1. The number of anilines is 2. The first-order valence-corrected chi connectivity index (χ1v) is 9.82. The number of ether oxygens (including phenoxy) is 1. The maximum absolute atomic E-state index is 13.9. The van der Waals surface area contributed by atoms with Gasteiger partial charge in [-0.2, -0.15) is 0 Å². The van der Waals surface area contributed by atoms with Crippen LogP contribution in [0.1, 0.15) is 12.8 Å². The molecule has 0 aliphatic carbocycles. The predicted octanol–water partition coefficient (Wildman–Crippen LogP) is 3.02. The highest BCUT2D eigenvalue weighted by Gasteiger charge is 2.20. The second kappa shape index (κ2) is 8.66. The number of para-hydroxylation sites is 1. The summed E-state index contributed by atoms with van der Waals surface area (Å²) in [6.07, 6.45) is 1.35. The largest absolute Gasteiger partial charge is 0.497 e. The molecular formula is C18H21FN2O4S. The van der Waals surface area contributed by atoms with Crippen molar-refractivity contribution in [1.29, 1.82) is 0 Å². The molecule has 2 aromatic carbocycles. The zero-order chi connectivity index (χ0) is 19.2. The third-order valence-electron chi connectivity index (χ3n) is 3.64. The molecule has 0 atom stereocenters. The van der Waals surface area contributed by atoms with Gasteiger partial charge < -0.3 is 10.1 Å². The number of hydrogen-bond donors (Lipinski definition) is 1. The summed E-state index contributed by atoms with van der Waals surface area (Å²) >= 11 is 0. The Morgan fingerprint density at radius 1 is 1.19 bits per heavy atom. The number of hydrogen-bond acceptors (Lipinski definition) is 4. The summed E-state index contributed by atoms with van der Waals surface area (Å²) in [5.41, 5.74) is 0.562. The molecular weight excluding hydrogens is 359 g/mol. The fourth-order valence-corrected chi connectivity index (χ4v) is 3.39.